The molecule has 2 aliphatic heterocycles. The van der Waals surface area contributed by atoms with Gasteiger partial charge in [0.2, 0.25) is 0 Å². The minimum atomic E-state index is -0.581. The molecule has 2 aromatic carbocycles. The SMILES string of the molecule is C[C@]12c3ccccc3CCN1C(=O)O[C@@]2(C)Cc1ccccc1. The highest BCUT2D eigenvalue weighted by atomic mass is 16.6. The van der Waals surface area contributed by atoms with E-state index in [-0.39, 0.29) is 6.09 Å². The van der Waals surface area contributed by atoms with Gasteiger partial charge in [-0.3, -0.25) is 4.90 Å². The maximum atomic E-state index is 12.5. The highest BCUT2D eigenvalue weighted by Gasteiger charge is 2.62. The number of cyclic esters (lactones) is 1. The number of carbonyl (C=O) groups excluding carboxylic acids is 1. The van der Waals surface area contributed by atoms with E-state index >= 15 is 0 Å². The van der Waals surface area contributed by atoms with Crippen LogP contribution in [0.25, 0.3) is 0 Å². The predicted octanol–water partition coefficient (Wildman–Crippen LogP) is 3.91. The van der Waals surface area contributed by atoms with Gasteiger partial charge in [0, 0.05) is 13.0 Å². The molecule has 3 nitrogen and oxygen atoms in total. The van der Waals surface area contributed by atoms with Gasteiger partial charge in [0.25, 0.3) is 0 Å². The van der Waals surface area contributed by atoms with Crippen LogP contribution in [0.15, 0.2) is 54.6 Å². The van der Waals surface area contributed by atoms with Crippen molar-refractivity contribution in [2.75, 3.05) is 6.54 Å². The standard InChI is InChI=1S/C20H21NO2/c1-19(14-15-8-4-3-5-9-15)20(2)17-11-7-6-10-16(17)12-13-21(20)18(22)23-19/h3-11H,12-14H2,1-2H3/t19-,20+/m0/s1. The Balaban J connectivity index is 1.84. The molecule has 0 N–H and O–H groups in total. The molecular weight excluding hydrogens is 286 g/mol. The smallest absolute Gasteiger partial charge is 0.411 e. The quantitative estimate of drug-likeness (QED) is 0.842. The van der Waals surface area contributed by atoms with Crippen LogP contribution in [-0.2, 0) is 23.1 Å². The van der Waals surface area contributed by atoms with Crippen LogP contribution in [-0.4, -0.2) is 23.1 Å². The van der Waals surface area contributed by atoms with Crippen molar-refractivity contribution in [2.24, 2.45) is 0 Å². The lowest BCUT2D eigenvalue weighted by Gasteiger charge is -2.46. The molecule has 2 aliphatic rings. The fourth-order valence-electron chi connectivity index (χ4n) is 4.20. The largest absolute Gasteiger partial charge is 0.440 e. The zero-order valence-electron chi connectivity index (χ0n) is 13.6. The molecule has 1 amide bonds. The van der Waals surface area contributed by atoms with Crippen molar-refractivity contribution in [3.63, 3.8) is 0 Å². The number of rotatable bonds is 2. The molecule has 23 heavy (non-hydrogen) atoms. The van der Waals surface area contributed by atoms with Gasteiger partial charge in [-0.2, -0.15) is 0 Å². The minimum Gasteiger partial charge on any atom is -0.440 e. The highest BCUT2D eigenvalue weighted by molar-refractivity contribution is 5.74. The van der Waals surface area contributed by atoms with Gasteiger partial charge in [0.1, 0.15) is 11.1 Å². The number of carbonyl (C=O) groups is 1. The van der Waals surface area contributed by atoms with Crippen molar-refractivity contribution in [3.05, 3.63) is 71.3 Å². The van der Waals surface area contributed by atoms with Crippen LogP contribution in [0.5, 0.6) is 0 Å². The van der Waals surface area contributed by atoms with Gasteiger partial charge in [-0.25, -0.2) is 4.79 Å². The van der Waals surface area contributed by atoms with Crippen LogP contribution in [0.2, 0.25) is 0 Å². The summed E-state index contributed by atoms with van der Waals surface area (Å²) in [6.07, 6.45) is 1.41. The Kier molecular flexibility index (Phi) is 3.02. The first-order chi connectivity index (χ1) is 11.0. The van der Waals surface area contributed by atoms with Gasteiger partial charge in [-0.05, 0) is 37.0 Å². The van der Waals surface area contributed by atoms with Gasteiger partial charge in [0.05, 0.1) is 0 Å². The minimum absolute atomic E-state index is 0.194. The highest BCUT2D eigenvalue weighted by Crippen LogP contribution is 2.51. The van der Waals surface area contributed by atoms with E-state index in [1.54, 1.807) is 0 Å². The maximum absolute atomic E-state index is 12.5. The Hall–Kier alpha value is -2.29. The Morgan fingerprint density at radius 3 is 2.52 bits per heavy atom. The molecule has 0 saturated carbocycles. The molecule has 0 bridgehead atoms. The first-order valence-electron chi connectivity index (χ1n) is 8.17. The summed E-state index contributed by atoms with van der Waals surface area (Å²) in [7, 11) is 0. The van der Waals surface area contributed by atoms with E-state index in [0.717, 1.165) is 13.0 Å². The first-order valence-corrected chi connectivity index (χ1v) is 8.17. The molecular formula is C20H21NO2. The molecule has 2 aromatic rings. The number of hydrogen-bond acceptors (Lipinski definition) is 2. The summed E-state index contributed by atoms with van der Waals surface area (Å²) in [6.45, 7) is 4.94. The van der Waals surface area contributed by atoms with Gasteiger partial charge in [-0.1, -0.05) is 54.6 Å². The molecule has 3 heteroatoms. The van der Waals surface area contributed by atoms with Gasteiger partial charge in [0.15, 0.2) is 0 Å². The average molecular weight is 307 g/mol. The molecule has 1 saturated heterocycles. The fraction of sp³-hybridized carbons (Fsp3) is 0.350. The summed E-state index contributed by atoms with van der Waals surface area (Å²) < 4.78 is 5.95. The molecule has 118 valence electrons. The second-order valence-corrected chi connectivity index (χ2v) is 6.89. The molecule has 4 rings (SSSR count). The third-order valence-corrected chi connectivity index (χ3v) is 5.63. The van der Waals surface area contributed by atoms with Crippen LogP contribution in [0.4, 0.5) is 4.79 Å². The average Bonchev–Trinajstić information content (AvgIpc) is 2.75. The molecule has 0 unspecified atom stereocenters. The molecule has 0 radical (unpaired) electrons. The fourth-order valence-corrected chi connectivity index (χ4v) is 4.20. The molecule has 2 heterocycles. The number of hydrogen-bond donors (Lipinski definition) is 0. The number of fused-ring (bicyclic) bond motifs is 3. The predicted molar refractivity (Wildman–Crippen MR) is 89.2 cm³/mol. The number of benzene rings is 2. The van der Waals surface area contributed by atoms with Crippen molar-refractivity contribution in [2.45, 2.75) is 37.8 Å². The van der Waals surface area contributed by atoms with E-state index < -0.39 is 11.1 Å². The van der Waals surface area contributed by atoms with E-state index in [2.05, 4.69) is 50.2 Å². The van der Waals surface area contributed by atoms with Crippen molar-refractivity contribution in [1.29, 1.82) is 0 Å². The second kappa shape index (κ2) is 4.85. The number of ether oxygens (including phenoxy) is 1. The summed E-state index contributed by atoms with van der Waals surface area (Å²) >= 11 is 0. The molecule has 2 atom stereocenters. The third kappa shape index (κ3) is 1.92. The van der Waals surface area contributed by atoms with E-state index in [1.165, 1.54) is 16.7 Å². The lowest BCUT2D eigenvalue weighted by molar-refractivity contribution is 0.00241. The van der Waals surface area contributed by atoms with Crippen molar-refractivity contribution in [1.82, 2.24) is 4.90 Å². The lowest BCUT2D eigenvalue weighted by Crippen LogP contribution is -2.56. The number of nitrogens with zero attached hydrogens (tertiary/aromatic N) is 1. The monoisotopic (exact) mass is 307 g/mol. The van der Waals surface area contributed by atoms with E-state index in [9.17, 15) is 4.79 Å². The van der Waals surface area contributed by atoms with Crippen molar-refractivity contribution < 1.29 is 9.53 Å². The number of amides is 1. The zero-order chi connectivity index (χ0) is 16.1. The lowest BCUT2D eigenvalue weighted by atomic mass is 9.70. The molecule has 1 fully saturated rings. The van der Waals surface area contributed by atoms with E-state index in [4.69, 9.17) is 4.74 Å². The molecule has 0 aromatic heterocycles. The summed E-state index contributed by atoms with van der Waals surface area (Å²) in [5.41, 5.74) is 2.71. The molecule has 0 spiro atoms. The van der Waals surface area contributed by atoms with Crippen LogP contribution >= 0.6 is 0 Å². The van der Waals surface area contributed by atoms with Crippen molar-refractivity contribution in [3.8, 4) is 0 Å². The summed E-state index contributed by atoms with van der Waals surface area (Å²) in [5, 5.41) is 0. The Morgan fingerprint density at radius 2 is 1.74 bits per heavy atom. The third-order valence-electron chi connectivity index (χ3n) is 5.63. The Bertz CT molecular complexity index is 757. The van der Waals surface area contributed by atoms with E-state index in [0.29, 0.717) is 6.42 Å². The van der Waals surface area contributed by atoms with Crippen LogP contribution < -0.4 is 0 Å². The van der Waals surface area contributed by atoms with Crippen LogP contribution in [0.1, 0.15) is 30.5 Å². The maximum Gasteiger partial charge on any atom is 0.411 e. The second-order valence-electron chi connectivity index (χ2n) is 6.89. The van der Waals surface area contributed by atoms with Crippen LogP contribution in [0.3, 0.4) is 0 Å². The first kappa shape index (κ1) is 14.3. The summed E-state index contributed by atoms with van der Waals surface area (Å²) in [4.78, 5) is 14.4. The van der Waals surface area contributed by atoms with Gasteiger partial charge in [-0.15, -0.1) is 0 Å². The summed E-state index contributed by atoms with van der Waals surface area (Å²) in [5.74, 6) is 0. The van der Waals surface area contributed by atoms with E-state index in [1.807, 2.05) is 23.1 Å². The van der Waals surface area contributed by atoms with Crippen molar-refractivity contribution >= 4 is 6.09 Å². The normalized spacial score (nSPS) is 29.0. The Morgan fingerprint density at radius 1 is 1.04 bits per heavy atom. The molecule has 0 aliphatic carbocycles. The van der Waals surface area contributed by atoms with Crippen LogP contribution in [0, 0.1) is 0 Å². The Labute approximate surface area is 136 Å². The van der Waals surface area contributed by atoms with Gasteiger partial charge < -0.3 is 4.74 Å². The zero-order valence-corrected chi connectivity index (χ0v) is 13.6. The van der Waals surface area contributed by atoms with Gasteiger partial charge >= 0.3 is 6.09 Å². The summed E-state index contributed by atoms with van der Waals surface area (Å²) in [6, 6.07) is 18.7. The topological polar surface area (TPSA) is 29.5 Å².